The largest absolute Gasteiger partial charge is 0.366 e. The van der Waals surface area contributed by atoms with Crippen molar-refractivity contribution in [2.45, 2.75) is 42.5 Å². The van der Waals surface area contributed by atoms with Crippen molar-refractivity contribution in [3.63, 3.8) is 0 Å². The Kier molecular flexibility index (Phi) is 3.20. The molecule has 2 aromatic heterocycles. The Bertz CT molecular complexity index is 1130. The molecular weight excluding hydrogens is 350 g/mol. The minimum atomic E-state index is -3.71. The molecule has 5 rings (SSSR count). The van der Waals surface area contributed by atoms with Crippen molar-refractivity contribution < 1.29 is 8.42 Å². The number of rotatable bonds is 4. The molecule has 0 bridgehead atoms. The van der Waals surface area contributed by atoms with Gasteiger partial charge in [-0.25, -0.2) is 18.5 Å². The van der Waals surface area contributed by atoms with E-state index in [0.29, 0.717) is 6.54 Å². The molecule has 1 fully saturated rings. The van der Waals surface area contributed by atoms with E-state index < -0.39 is 10.0 Å². The van der Waals surface area contributed by atoms with Crippen molar-refractivity contribution >= 4 is 21.5 Å². The van der Waals surface area contributed by atoms with Gasteiger partial charge in [0, 0.05) is 23.6 Å². The second-order valence-electron chi connectivity index (χ2n) is 7.22. The minimum absolute atomic E-state index is 0.123. The van der Waals surface area contributed by atoms with Gasteiger partial charge in [0.15, 0.2) is 5.65 Å². The monoisotopic (exact) mass is 369 g/mol. The summed E-state index contributed by atoms with van der Waals surface area (Å²) in [5, 5.41) is 13.1. The molecule has 0 radical (unpaired) electrons. The summed E-state index contributed by atoms with van der Waals surface area (Å²) in [6.07, 6.45) is 6.33. The van der Waals surface area contributed by atoms with Gasteiger partial charge in [-0.15, -0.1) is 0 Å². The smallest absolute Gasteiger partial charge is 0.238 e. The summed E-state index contributed by atoms with van der Waals surface area (Å²) in [5.74, 6) is 0.958. The third-order valence-electron chi connectivity index (χ3n) is 5.53. The van der Waals surface area contributed by atoms with Crippen LogP contribution in [0.3, 0.4) is 0 Å². The molecule has 3 aromatic rings. The summed E-state index contributed by atoms with van der Waals surface area (Å²) >= 11 is 0. The van der Waals surface area contributed by atoms with Gasteiger partial charge >= 0.3 is 0 Å². The normalized spacial score (nSPS) is 17.6. The number of nitrogens with one attached hydrogen (secondary N) is 1. The van der Waals surface area contributed by atoms with Gasteiger partial charge in [0.2, 0.25) is 10.0 Å². The molecule has 0 amide bonds. The maximum atomic E-state index is 11.6. The Balaban J connectivity index is 1.52. The second kappa shape index (κ2) is 5.28. The Morgan fingerprint density at radius 3 is 2.85 bits per heavy atom. The van der Waals surface area contributed by atoms with Gasteiger partial charge in [-0.2, -0.15) is 9.61 Å². The predicted octanol–water partition coefficient (Wildman–Crippen LogP) is 1.97. The molecular formula is C18H19N5O2S. The van der Waals surface area contributed by atoms with E-state index in [2.05, 4.69) is 10.4 Å². The lowest BCUT2D eigenvalue weighted by Crippen LogP contribution is -2.14. The number of fused-ring (bicyclic) bond motifs is 3. The summed E-state index contributed by atoms with van der Waals surface area (Å²) < 4.78 is 25.0. The number of nitrogens with two attached hydrogens (primary N) is 1. The third kappa shape index (κ3) is 2.40. The van der Waals surface area contributed by atoms with Crippen LogP contribution in [0.15, 0.2) is 41.4 Å². The molecule has 1 saturated carbocycles. The molecule has 0 unspecified atom stereocenters. The number of sulfonamides is 1. The topological polar surface area (TPSA) is 102 Å². The van der Waals surface area contributed by atoms with Crippen LogP contribution in [0.5, 0.6) is 0 Å². The summed E-state index contributed by atoms with van der Waals surface area (Å²) in [7, 11) is -3.71. The average molecular weight is 369 g/mol. The van der Waals surface area contributed by atoms with Crippen LogP contribution in [0.2, 0.25) is 0 Å². The van der Waals surface area contributed by atoms with E-state index in [-0.39, 0.29) is 10.3 Å². The fraction of sp³-hybridized carbons (Fsp3) is 0.333. The summed E-state index contributed by atoms with van der Waals surface area (Å²) in [6.45, 7) is 0.488. The van der Waals surface area contributed by atoms with E-state index in [9.17, 15) is 8.42 Å². The number of aromatic nitrogens is 3. The van der Waals surface area contributed by atoms with Crippen LogP contribution in [0.4, 0.5) is 5.82 Å². The molecule has 2 aliphatic carbocycles. The van der Waals surface area contributed by atoms with Crippen LogP contribution >= 0.6 is 0 Å². The molecule has 7 nitrogen and oxygen atoms in total. The molecule has 2 aliphatic rings. The van der Waals surface area contributed by atoms with E-state index in [1.807, 2.05) is 16.6 Å². The van der Waals surface area contributed by atoms with Gasteiger partial charge in [0.05, 0.1) is 16.8 Å². The van der Waals surface area contributed by atoms with Crippen LogP contribution in [0.25, 0.3) is 5.65 Å². The van der Waals surface area contributed by atoms with Gasteiger partial charge in [0.1, 0.15) is 5.82 Å². The van der Waals surface area contributed by atoms with Crippen LogP contribution in [0, 0.1) is 0 Å². The first-order valence-electron chi connectivity index (χ1n) is 8.69. The van der Waals surface area contributed by atoms with Crippen molar-refractivity contribution in [3.8, 4) is 0 Å². The van der Waals surface area contributed by atoms with Crippen molar-refractivity contribution in [3.05, 3.63) is 53.3 Å². The van der Waals surface area contributed by atoms with E-state index in [0.717, 1.165) is 29.9 Å². The molecule has 0 atom stereocenters. The number of benzene rings is 1. The maximum Gasteiger partial charge on any atom is 0.238 e. The Hall–Kier alpha value is -2.45. The lowest BCUT2D eigenvalue weighted by Gasteiger charge is -2.15. The zero-order chi connectivity index (χ0) is 17.9. The molecule has 2 heterocycles. The Labute approximate surface area is 151 Å². The van der Waals surface area contributed by atoms with Crippen molar-refractivity contribution in [2.24, 2.45) is 5.14 Å². The number of hydrogen-bond acceptors (Lipinski definition) is 5. The molecule has 3 N–H and O–H groups in total. The molecule has 8 heteroatoms. The van der Waals surface area contributed by atoms with Gasteiger partial charge in [0.25, 0.3) is 0 Å². The zero-order valence-electron chi connectivity index (χ0n) is 14.1. The highest BCUT2D eigenvalue weighted by Crippen LogP contribution is 2.57. The zero-order valence-corrected chi connectivity index (χ0v) is 15.0. The number of primary sulfonamides is 1. The number of nitrogens with zero attached hydrogens (tertiary/aromatic N) is 3. The molecule has 26 heavy (non-hydrogen) atoms. The van der Waals surface area contributed by atoms with E-state index in [1.165, 1.54) is 30.2 Å². The standard InChI is InChI=1S/C18H19N5O2S/c19-26(24,25)13-3-1-2-12(10-13)11-20-17-14-4-6-18(7-8-18)16(14)22-15-5-9-21-23(15)17/h1-3,5,9-10,20H,4,6-8,11H2,(H2,19,24,25). The highest BCUT2D eigenvalue weighted by molar-refractivity contribution is 7.89. The van der Waals surface area contributed by atoms with Gasteiger partial charge in [-0.1, -0.05) is 12.1 Å². The fourth-order valence-electron chi connectivity index (χ4n) is 3.97. The van der Waals surface area contributed by atoms with Gasteiger partial charge < -0.3 is 5.32 Å². The Morgan fingerprint density at radius 2 is 2.08 bits per heavy atom. The highest BCUT2D eigenvalue weighted by Gasteiger charge is 2.51. The predicted molar refractivity (Wildman–Crippen MR) is 97.4 cm³/mol. The molecule has 0 aliphatic heterocycles. The Morgan fingerprint density at radius 1 is 1.23 bits per heavy atom. The summed E-state index contributed by atoms with van der Waals surface area (Å²) in [6, 6.07) is 8.61. The van der Waals surface area contributed by atoms with Crippen molar-refractivity contribution in [1.82, 2.24) is 14.6 Å². The third-order valence-corrected chi connectivity index (χ3v) is 6.44. The maximum absolute atomic E-state index is 11.6. The first kappa shape index (κ1) is 15.8. The van der Waals surface area contributed by atoms with Crippen LogP contribution in [0.1, 0.15) is 36.1 Å². The van der Waals surface area contributed by atoms with E-state index >= 15 is 0 Å². The van der Waals surface area contributed by atoms with Gasteiger partial charge in [-0.3, -0.25) is 0 Å². The molecule has 1 aromatic carbocycles. The SMILES string of the molecule is NS(=O)(=O)c1cccc(CNc2c3c(nc4ccnn24)C2(CC3)CC2)c1. The summed E-state index contributed by atoms with van der Waals surface area (Å²) in [5.41, 5.74) is 4.43. The lowest BCUT2D eigenvalue weighted by molar-refractivity contribution is 0.597. The molecule has 1 spiro atoms. The second-order valence-corrected chi connectivity index (χ2v) is 8.78. The van der Waals surface area contributed by atoms with Gasteiger partial charge in [-0.05, 0) is 43.4 Å². The molecule has 134 valence electrons. The summed E-state index contributed by atoms with van der Waals surface area (Å²) in [4.78, 5) is 4.98. The lowest BCUT2D eigenvalue weighted by atomic mass is 10.1. The van der Waals surface area contributed by atoms with Crippen molar-refractivity contribution in [1.29, 1.82) is 0 Å². The van der Waals surface area contributed by atoms with E-state index in [4.69, 9.17) is 10.1 Å². The van der Waals surface area contributed by atoms with E-state index in [1.54, 1.807) is 18.3 Å². The van der Waals surface area contributed by atoms with Crippen molar-refractivity contribution in [2.75, 3.05) is 5.32 Å². The van der Waals surface area contributed by atoms with Crippen LogP contribution < -0.4 is 10.5 Å². The fourth-order valence-corrected chi connectivity index (χ4v) is 4.55. The quantitative estimate of drug-likeness (QED) is 0.732. The average Bonchev–Trinajstić information content (AvgIpc) is 3.09. The first-order chi connectivity index (χ1) is 12.5. The molecule has 0 saturated heterocycles. The first-order valence-corrected chi connectivity index (χ1v) is 10.2. The van der Waals surface area contributed by atoms with Crippen LogP contribution in [-0.4, -0.2) is 23.0 Å². The number of anilines is 1. The van der Waals surface area contributed by atoms with Crippen LogP contribution in [-0.2, 0) is 28.4 Å². The minimum Gasteiger partial charge on any atom is -0.366 e. The highest BCUT2D eigenvalue weighted by atomic mass is 32.2. The number of hydrogen-bond donors (Lipinski definition) is 2.